The van der Waals surface area contributed by atoms with Crippen LogP contribution in [0, 0.1) is 5.92 Å². The Labute approximate surface area is 97.2 Å². The summed E-state index contributed by atoms with van der Waals surface area (Å²) in [6, 6.07) is 5.81. The highest BCUT2D eigenvalue weighted by Crippen LogP contribution is 2.32. The number of benzene rings is 1. The van der Waals surface area contributed by atoms with Crippen molar-refractivity contribution in [2.75, 3.05) is 31.3 Å². The summed E-state index contributed by atoms with van der Waals surface area (Å²) in [5.41, 5.74) is 7.88. The maximum absolute atomic E-state index is 5.98. The van der Waals surface area contributed by atoms with Crippen molar-refractivity contribution in [1.29, 1.82) is 0 Å². The van der Waals surface area contributed by atoms with E-state index in [1.807, 2.05) is 18.2 Å². The van der Waals surface area contributed by atoms with Crippen molar-refractivity contribution in [3.05, 3.63) is 18.2 Å². The summed E-state index contributed by atoms with van der Waals surface area (Å²) in [5, 5.41) is 0. The normalized spacial score (nSPS) is 15.6. The van der Waals surface area contributed by atoms with Gasteiger partial charge in [0, 0.05) is 19.7 Å². The maximum Gasteiger partial charge on any atom is 0.121 e. The average Bonchev–Trinajstić information content (AvgIpc) is 2.24. The van der Waals surface area contributed by atoms with E-state index < -0.39 is 0 Å². The van der Waals surface area contributed by atoms with Crippen LogP contribution in [0.25, 0.3) is 0 Å². The van der Waals surface area contributed by atoms with Crippen LogP contribution in [0.3, 0.4) is 0 Å². The van der Waals surface area contributed by atoms with Crippen molar-refractivity contribution in [3.8, 4) is 5.75 Å². The van der Waals surface area contributed by atoms with Gasteiger partial charge in [-0.2, -0.15) is 0 Å². The Bertz CT molecular complexity index is 361. The highest BCUT2D eigenvalue weighted by Gasteiger charge is 2.20. The lowest BCUT2D eigenvalue weighted by Gasteiger charge is -2.32. The lowest BCUT2D eigenvalue weighted by Crippen LogP contribution is -2.29. The molecule has 1 fully saturated rings. The van der Waals surface area contributed by atoms with Crippen LogP contribution < -0.4 is 15.4 Å². The molecule has 0 atom stereocenters. The number of methoxy groups -OCH3 is 1. The molecule has 3 heteroatoms. The quantitative estimate of drug-likeness (QED) is 0.792. The fraction of sp³-hybridized carbons (Fsp3) is 0.538. The summed E-state index contributed by atoms with van der Waals surface area (Å²) in [6.07, 6.45) is 4.09. The first-order valence-electron chi connectivity index (χ1n) is 5.85. The van der Waals surface area contributed by atoms with Gasteiger partial charge in [-0.3, -0.25) is 0 Å². The molecule has 0 saturated heterocycles. The second-order valence-electron chi connectivity index (χ2n) is 4.60. The molecule has 0 unspecified atom stereocenters. The van der Waals surface area contributed by atoms with Gasteiger partial charge in [0.1, 0.15) is 5.75 Å². The Kier molecular flexibility index (Phi) is 3.22. The van der Waals surface area contributed by atoms with Crippen molar-refractivity contribution in [1.82, 2.24) is 0 Å². The van der Waals surface area contributed by atoms with Gasteiger partial charge in [0.05, 0.1) is 18.5 Å². The molecule has 0 spiro atoms. The third kappa shape index (κ3) is 2.23. The number of ether oxygens (including phenoxy) is 1. The molecule has 16 heavy (non-hydrogen) atoms. The minimum absolute atomic E-state index is 0.822. The van der Waals surface area contributed by atoms with E-state index in [0.29, 0.717) is 0 Å². The van der Waals surface area contributed by atoms with Crippen LogP contribution in [0.4, 0.5) is 11.4 Å². The molecule has 1 aliphatic rings. The Hall–Kier alpha value is -1.38. The molecule has 0 radical (unpaired) electrons. The zero-order chi connectivity index (χ0) is 11.5. The van der Waals surface area contributed by atoms with Crippen LogP contribution in [0.15, 0.2) is 18.2 Å². The smallest absolute Gasteiger partial charge is 0.121 e. The van der Waals surface area contributed by atoms with E-state index in [1.54, 1.807) is 7.11 Å². The van der Waals surface area contributed by atoms with Crippen molar-refractivity contribution >= 4 is 11.4 Å². The van der Waals surface area contributed by atoms with Gasteiger partial charge in [-0.1, -0.05) is 6.42 Å². The monoisotopic (exact) mass is 220 g/mol. The van der Waals surface area contributed by atoms with Gasteiger partial charge < -0.3 is 15.4 Å². The highest BCUT2D eigenvalue weighted by atomic mass is 16.5. The predicted molar refractivity (Wildman–Crippen MR) is 68.0 cm³/mol. The Morgan fingerprint density at radius 3 is 2.75 bits per heavy atom. The fourth-order valence-corrected chi connectivity index (χ4v) is 2.14. The number of nitrogen functional groups attached to an aromatic ring is 1. The van der Waals surface area contributed by atoms with E-state index in [9.17, 15) is 0 Å². The third-order valence-electron chi connectivity index (χ3n) is 3.41. The van der Waals surface area contributed by atoms with Crippen molar-refractivity contribution < 1.29 is 4.74 Å². The molecule has 0 aromatic heterocycles. The molecular weight excluding hydrogens is 200 g/mol. The molecule has 3 nitrogen and oxygen atoms in total. The van der Waals surface area contributed by atoms with Gasteiger partial charge in [0.15, 0.2) is 0 Å². The molecule has 1 aliphatic carbocycles. The number of rotatable bonds is 4. The summed E-state index contributed by atoms with van der Waals surface area (Å²) in [4.78, 5) is 2.24. The van der Waals surface area contributed by atoms with Crippen LogP contribution in [-0.2, 0) is 0 Å². The molecular formula is C13H20N2O. The van der Waals surface area contributed by atoms with E-state index >= 15 is 0 Å². The largest absolute Gasteiger partial charge is 0.497 e. The fourth-order valence-electron chi connectivity index (χ4n) is 2.14. The molecule has 0 bridgehead atoms. The summed E-state index contributed by atoms with van der Waals surface area (Å²) in [5.74, 6) is 1.71. The van der Waals surface area contributed by atoms with Crippen LogP contribution in [0.5, 0.6) is 5.75 Å². The molecule has 1 saturated carbocycles. The molecule has 2 N–H and O–H groups in total. The first-order valence-corrected chi connectivity index (χ1v) is 5.85. The number of anilines is 2. The summed E-state index contributed by atoms with van der Waals surface area (Å²) >= 11 is 0. The zero-order valence-electron chi connectivity index (χ0n) is 10.1. The van der Waals surface area contributed by atoms with E-state index in [2.05, 4.69) is 11.9 Å². The van der Waals surface area contributed by atoms with Crippen molar-refractivity contribution in [2.45, 2.75) is 19.3 Å². The Morgan fingerprint density at radius 1 is 1.44 bits per heavy atom. The van der Waals surface area contributed by atoms with E-state index in [0.717, 1.165) is 29.6 Å². The lowest BCUT2D eigenvalue weighted by atomic mass is 9.85. The maximum atomic E-state index is 5.98. The van der Waals surface area contributed by atoms with Gasteiger partial charge in [0.2, 0.25) is 0 Å². The highest BCUT2D eigenvalue weighted by molar-refractivity contribution is 5.69. The molecule has 0 heterocycles. The van der Waals surface area contributed by atoms with Crippen molar-refractivity contribution in [2.24, 2.45) is 5.92 Å². The topological polar surface area (TPSA) is 38.5 Å². The van der Waals surface area contributed by atoms with Crippen LogP contribution in [0.1, 0.15) is 19.3 Å². The van der Waals surface area contributed by atoms with Gasteiger partial charge in [-0.15, -0.1) is 0 Å². The SMILES string of the molecule is COc1ccc(N)c(N(C)CC2CCC2)c1. The zero-order valence-corrected chi connectivity index (χ0v) is 10.1. The van der Waals surface area contributed by atoms with E-state index in [-0.39, 0.29) is 0 Å². The van der Waals surface area contributed by atoms with Gasteiger partial charge in [0.25, 0.3) is 0 Å². The summed E-state index contributed by atoms with van der Waals surface area (Å²) in [7, 11) is 3.78. The molecule has 0 amide bonds. The minimum Gasteiger partial charge on any atom is -0.497 e. The molecule has 2 rings (SSSR count). The number of hydrogen-bond donors (Lipinski definition) is 1. The number of hydrogen-bond acceptors (Lipinski definition) is 3. The van der Waals surface area contributed by atoms with Crippen LogP contribution >= 0.6 is 0 Å². The second-order valence-corrected chi connectivity index (χ2v) is 4.60. The van der Waals surface area contributed by atoms with Gasteiger partial charge in [-0.25, -0.2) is 0 Å². The second kappa shape index (κ2) is 4.64. The number of nitrogens with two attached hydrogens (primary N) is 1. The van der Waals surface area contributed by atoms with Crippen LogP contribution in [-0.4, -0.2) is 20.7 Å². The van der Waals surface area contributed by atoms with E-state index in [1.165, 1.54) is 19.3 Å². The summed E-state index contributed by atoms with van der Waals surface area (Å²) < 4.78 is 5.22. The predicted octanol–water partition coefficient (Wildman–Crippen LogP) is 2.51. The minimum atomic E-state index is 0.822. The third-order valence-corrected chi connectivity index (χ3v) is 3.41. The summed E-state index contributed by atoms with van der Waals surface area (Å²) in [6.45, 7) is 1.09. The number of nitrogens with zero attached hydrogens (tertiary/aromatic N) is 1. The van der Waals surface area contributed by atoms with Gasteiger partial charge in [-0.05, 0) is 30.9 Å². The lowest BCUT2D eigenvalue weighted by molar-refractivity contribution is 0.321. The van der Waals surface area contributed by atoms with E-state index in [4.69, 9.17) is 10.5 Å². The molecule has 1 aromatic rings. The van der Waals surface area contributed by atoms with Gasteiger partial charge >= 0.3 is 0 Å². The van der Waals surface area contributed by atoms with Crippen molar-refractivity contribution in [3.63, 3.8) is 0 Å². The Balaban J connectivity index is 2.10. The molecule has 88 valence electrons. The Morgan fingerprint density at radius 2 is 2.19 bits per heavy atom. The first-order chi connectivity index (χ1) is 7.70. The molecule has 0 aliphatic heterocycles. The molecule has 1 aromatic carbocycles. The standard InChI is InChI=1S/C13H20N2O/c1-15(9-10-4-3-5-10)13-8-11(16-2)6-7-12(13)14/h6-8,10H,3-5,9,14H2,1-2H3. The average molecular weight is 220 g/mol. The first kappa shape index (κ1) is 11.1. The van der Waals surface area contributed by atoms with Crippen LogP contribution in [0.2, 0.25) is 0 Å².